The highest BCUT2D eigenvalue weighted by Gasteiger charge is 2.50. The quantitative estimate of drug-likeness (QED) is 0.337. The monoisotopic (exact) mass is 477 g/mol. The summed E-state index contributed by atoms with van der Waals surface area (Å²) in [6, 6.07) is 21.7. The molecule has 0 aliphatic carbocycles. The van der Waals surface area contributed by atoms with Gasteiger partial charge in [-0.25, -0.2) is 0 Å². The van der Waals surface area contributed by atoms with E-state index in [1.807, 2.05) is 48.5 Å². The lowest BCUT2D eigenvalue weighted by Gasteiger charge is -2.22. The Labute approximate surface area is 202 Å². The van der Waals surface area contributed by atoms with Gasteiger partial charge < -0.3 is 10.0 Å². The molecule has 0 spiro atoms. The van der Waals surface area contributed by atoms with Gasteiger partial charge in [0.05, 0.1) is 18.7 Å². The van der Waals surface area contributed by atoms with Crippen LogP contribution in [0.4, 0.5) is 5.69 Å². The Morgan fingerprint density at radius 2 is 1.70 bits per heavy atom. The first-order valence-electron chi connectivity index (χ1n) is 10.4. The summed E-state index contributed by atoms with van der Waals surface area (Å²) < 4.78 is 0. The van der Waals surface area contributed by atoms with Crippen molar-refractivity contribution >= 4 is 46.7 Å². The normalized spacial score (nSPS) is 17.8. The minimum absolute atomic E-state index is 0.166. The van der Waals surface area contributed by atoms with Gasteiger partial charge in [-0.3, -0.25) is 9.59 Å². The van der Waals surface area contributed by atoms with Gasteiger partial charge in [0, 0.05) is 15.6 Å². The van der Waals surface area contributed by atoms with Gasteiger partial charge in [0.1, 0.15) is 0 Å². The van der Waals surface area contributed by atoms with Crippen molar-refractivity contribution in [3.8, 4) is 0 Å². The zero-order valence-corrected chi connectivity index (χ0v) is 19.1. The molecule has 3 aromatic rings. The van der Waals surface area contributed by atoms with Gasteiger partial charge in [-0.15, -0.1) is 0 Å². The third-order valence-corrected chi connectivity index (χ3v) is 6.10. The van der Waals surface area contributed by atoms with Gasteiger partial charge in [0.15, 0.2) is 11.4 Å². The first-order chi connectivity index (χ1) is 15.9. The molecular formula is C27H21Cl2NO3. The van der Waals surface area contributed by atoms with Gasteiger partial charge in [-0.1, -0.05) is 90.0 Å². The maximum Gasteiger partial charge on any atom is 0.264 e. The second-order valence-electron chi connectivity index (χ2n) is 7.78. The molecule has 4 nitrogen and oxygen atoms in total. The first-order valence-corrected chi connectivity index (χ1v) is 11.1. The number of nitrogens with zero attached hydrogens (tertiary/aromatic N) is 1. The average Bonchev–Trinajstić information content (AvgIpc) is 3.00. The molecule has 1 aliphatic rings. The Kier molecular flexibility index (Phi) is 6.80. The summed E-state index contributed by atoms with van der Waals surface area (Å²) in [6.45, 7) is 0.166. The Morgan fingerprint density at radius 3 is 2.45 bits per heavy atom. The van der Waals surface area contributed by atoms with Crippen molar-refractivity contribution in [3.05, 3.63) is 118 Å². The number of aliphatic hydroxyl groups is 1. The number of ketones is 1. The zero-order chi connectivity index (χ0) is 23.4. The maximum atomic E-state index is 13.4. The number of carbonyl (C=O) groups excluding carboxylic acids is 2. The summed E-state index contributed by atoms with van der Waals surface area (Å²) in [7, 11) is 0. The highest BCUT2D eigenvalue weighted by atomic mass is 35.5. The third kappa shape index (κ3) is 4.93. The van der Waals surface area contributed by atoms with Crippen LogP contribution in [0.3, 0.4) is 0 Å². The van der Waals surface area contributed by atoms with Crippen molar-refractivity contribution in [1.29, 1.82) is 0 Å². The Morgan fingerprint density at radius 1 is 0.970 bits per heavy atom. The Balaban J connectivity index is 1.57. The number of amides is 1. The molecule has 0 unspecified atom stereocenters. The number of hydrogen-bond donors (Lipinski definition) is 1. The maximum absolute atomic E-state index is 13.4. The molecule has 0 saturated heterocycles. The summed E-state index contributed by atoms with van der Waals surface area (Å²) >= 11 is 12.4. The lowest BCUT2D eigenvalue weighted by molar-refractivity contribution is -0.140. The first kappa shape index (κ1) is 23.0. The fraction of sp³-hybridized carbons (Fsp3) is 0.111. The Bertz CT molecular complexity index is 1250. The number of rotatable bonds is 7. The van der Waals surface area contributed by atoms with Crippen molar-refractivity contribution in [1.82, 2.24) is 0 Å². The van der Waals surface area contributed by atoms with E-state index in [1.165, 1.54) is 17.0 Å². The summed E-state index contributed by atoms with van der Waals surface area (Å²) in [5.74, 6) is -0.963. The van der Waals surface area contributed by atoms with E-state index in [2.05, 4.69) is 0 Å². The molecule has 1 amide bonds. The van der Waals surface area contributed by atoms with Gasteiger partial charge in [-0.2, -0.15) is 0 Å². The molecule has 166 valence electrons. The van der Waals surface area contributed by atoms with E-state index in [0.29, 0.717) is 21.3 Å². The lowest BCUT2D eigenvalue weighted by Crippen LogP contribution is -2.41. The molecular weight excluding hydrogens is 457 g/mol. The summed E-state index contributed by atoms with van der Waals surface area (Å²) in [6.07, 6.45) is 6.15. The molecule has 3 aromatic carbocycles. The molecule has 1 aliphatic heterocycles. The second kappa shape index (κ2) is 9.75. The number of allylic oxidation sites excluding steroid dienone is 3. The van der Waals surface area contributed by atoms with Crippen molar-refractivity contribution in [2.24, 2.45) is 0 Å². The molecule has 4 rings (SSSR count). The smallest absolute Gasteiger partial charge is 0.264 e. The number of anilines is 1. The summed E-state index contributed by atoms with van der Waals surface area (Å²) in [4.78, 5) is 27.5. The highest BCUT2D eigenvalue weighted by Crippen LogP contribution is 2.44. The van der Waals surface area contributed by atoms with Gasteiger partial charge in [0.2, 0.25) is 0 Å². The predicted octanol–water partition coefficient (Wildman–Crippen LogP) is 5.96. The minimum Gasteiger partial charge on any atom is -0.375 e. The fourth-order valence-corrected chi connectivity index (χ4v) is 4.22. The second-order valence-corrected chi connectivity index (χ2v) is 8.62. The van der Waals surface area contributed by atoms with Crippen LogP contribution in [0.15, 0.2) is 91.0 Å². The fourth-order valence-electron chi connectivity index (χ4n) is 3.85. The van der Waals surface area contributed by atoms with Gasteiger partial charge >= 0.3 is 0 Å². The molecule has 1 heterocycles. The van der Waals surface area contributed by atoms with Crippen molar-refractivity contribution < 1.29 is 14.7 Å². The molecule has 0 fully saturated rings. The number of carbonyl (C=O) groups is 2. The van der Waals surface area contributed by atoms with Crippen LogP contribution in [0.5, 0.6) is 0 Å². The summed E-state index contributed by atoms with van der Waals surface area (Å²) in [5.41, 5.74) is 0.542. The van der Waals surface area contributed by atoms with E-state index in [4.69, 9.17) is 23.2 Å². The van der Waals surface area contributed by atoms with Crippen LogP contribution >= 0.6 is 23.2 Å². The van der Waals surface area contributed by atoms with E-state index < -0.39 is 17.9 Å². The molecule has 0 bridgehead atoms. The SMILES string of the molecule is O=C(/C=C/C=C/c1ccccc1)C[C@@]1(O)C(=O)N(Cc2ccccc2Cl)c2ccc(Cl)cc21. The number of hydrogen-bond acceptors (Lipinski definition) is 3. The Hall–Kier alpha value is -3.18. The van der Waals surface area contributed by atoms with Gasteiger partial charge in [-0.05, 0) is 41.5 Å². The lowest BCUT2D eigenvalue weighted by atomic mass is 9.90. The zero-order valence-electron chi connectivity index (χ0n) is 17.6. The molecule has 1 N–H and O–H groups in total. The minimum atomic E-state index is -2.01. The third-order valence-electron chi connectivity index (χ3n) is 5.49. The van der Waals surface area contributed by atoms with Crippen LogP contribution in [0, 0.1) is 0 Å². The van der Waals surface area contributed by atoms with Crippen LogP contribution in [0.25, 0.3) is 6.08 Å². The molecule has 0 saturated carbocycles. The molecule has 0 radical (unpaired) electrons. The van der Waals surface area contributed by atoms with E-state index in [9.17, 15) is 14.7 Å². The van der Waals surface area contributed by atoms with Crippen molar-refractivity contribution in [2.75, 3.05) is 4.90 Å². The highest BCUT2D eigenvalue weighted by molar-refractivity contribution is 6.31. The van der Waals surface area contributed by atoms with Crippen molar-refractivity contribution in [3.63, 3.8) is 0 Å². The predicted molar refractivity (Wildman–Crippen MR) is 132 cm³/mol. The van der Waals surface area contributed by atoms with E-state index in [-0.39, 0.29) is 12.3 Å². The average molecular weight is 478 g/mol. The van der Waals surface area contributed by atoms with Crippen LogP contribution in [-0.4, -0.2) is 16.8 Å². The van der Waals surface area contributed by atoms with Crippen LogP contribution < -0.4 is 4.90 Å². The van der Waals surface area contributed by atoms with Crippen molar-refractivity contribution in [2.45, 2.75) is 18.6 Å². The van der Waals surface area contributed by atoms with E-state index in [1.54, 1.807) is 36.4 Å². The number of fused-ring (bicyclic) bond motifs is 1. The summed E-state index contributed by atoms with van der Waals surface area (Å²) in [5, 5.41) is 12.3. The molecule has 1 atom stereocenters. The molecule has 0 aromatic heterocycles. The molecule has 6 heteroatoms. The van der Waals surface area contributed by atoms with Gasteiger partial charge in [0.25, 0.3) is 5.91 Å². The number of benzene rings is 3. The van der Waals surface area contributed by atoms with E-state index >= 15 is 0 Å². The largest absolute Gasteiger partial charge is 0.375 e. The van der Waals surface area contributed by atoms with Crippen LogP contribution in [0.2, 0.25) is 10.0 Å². The topological polar surface area (TPSA) is 57.6 Å². The van der Waals surface area contributed by atoms with Crippen LogP contribution in [0.1, 0.15) is 23.1 Å². The number of halogens is 2. The molecule has 33 heavy (non-hydrogen) atoms. The van der Waals surface area contributed by atoms with E-state index in [0.717, 1.165) is 11.1 Å². The van der Waals surface area contributed by atoms with Crippen LogP contribution in [-0.2, 0) is 21.7 Å². The standard InChI is InChI=1S/C27H21Cl2NO3/c28-21-14-15-25-23(16-21)27(33,26(32)30(25)18-20-11-5-7-13-24(20)29)17-22(31)12-6-4-10-19-8-2-1-3-9-19/h1-16,33H,17-18H2/b10-4+,12-6+/t27-/m0/s1.